The molecule has 1 fully saturated rings. The van der Waals surface area contributed by atoms with Gasteiger partial charge in [-0.2, -0.15) is 0 Å². The first-order chi connectivity index (χ1) is 9.74. The lowest BCUT2D eigenvalue weighted by Gasteiger charge is -2.24. The zero-order valence-corrected chi connectivity index (χ0v) is 12.9. The Morgan fingerprint density at radius 2 is 2.19 bits per heavy atom. The van der Waals surface area contributed by atoms with Gasteiger partial charge in [-0.25, -0.2) is 0 Å². The SMILES string of the molecule is CC(NC(=O)[C@@H]1CCCCN1)c1cc2ccccc2o1.Cl. The zero-order valence-electron chi connectivity index (χ0n) is 12.1. The summed E-state index contributed by atoms with van der Waals surface area (Å²) in [6.07, 6.45) is 3.19. The Morgan fingerprint density at radius 3 is 2.90 bits per heavy atom. The van der Waals surface area contributed by atoms with Crippen molar-refractivity contribution in [2.45, 2.75) is 38.3 Å². The number of hydrogen-bond acceptors (Lipinski definition) is 3. The van der Waals surface area contributed by atoms with Gasteiger partial charge < -0.3 is 15.1 Å². The van der Waals surface area contributed by atoms with E-state index in [1.54, 1.807) is 0 Å². The predicted molar refractivity (Wildman–Crippen MR) is 85.7 cm³/mol. The van der Waals surface area contributed by atoms with Crippen molar-refractivity contribution in [1.29, 1.82) is 0 Å². The fraction of sp³-hybridized carbons (Fsp3) is 0.438. The molecule has 0 radical (unpaired) electrons. The first-order valence-electron chi connectivity index (χ1n) is 7.26. The Bertz CT molecular complexity index is 572. The number of carbonyl (C=O) groups is 1. The molecule has 2 aromatic rings. The van der Waals surface area contributed by atoms with Crippen LogP contribution in [0.1, 0.15) is 38.0 Å². The fourth-order valence-corrected chi connectivity index (χ4v) is 2.68. The Balaban J connectivity index is 0.00000161. The summed E-state index contributed by atoms with van der Waals surface area (Å²) in [5.41, 5.74) is 0.861. The van der Waals surface area contributed by atoms with E-state index in [0.29, 0.717) is 0 Å². The zero-order chi connectivity index (χ0) is 13.9. The lowest BCUT2D eigenvalue weighted by molar-refractivity contribution is -0.124. The monoisotopic (exact) mass is 308 g/mol. The fourth-order valence-electron chi connectivity index (χ4n) is 2.68. The number of rotatable bonds is 3. The minimum absolute atomic E-state index is 0. The number of piperidine rings is 1. The van der Waals surface area contributed by atoms with Gasteiger partial charge in [0.2, 0.25) is 5.91 Å². The smallest absolute Gasteiger partial charge is 0.237 e. The molecule has 1 unspecified atom stereocenters. The van der Waals surface area contributed by atoms with Crippen LogP contribution in [0.15, 0.2) is 34.7 Å². The maximum atomic E-state index is 12.2. The van der Waals surface area contributed by atoms with E-state index in [1.165, 1.54) is 0 Å². The van der Waals surface area contributed by atoms with Gasteiger partial charge in [-0.1, -0.05) is 24.6 Å². The van der Waals surface area contributed by atoms with Crippen LogP contribution in [0.25, 0.3) is 11.0 Å². The number of fused-ring (bicyclic) bond motifs is 1. The van der Waals surface area contributed by atoms with Crippen LogP contribution in [-0.2, 0) is 4.79 Å². The van der Waals surface area contributed by atoms with E-state index >= 15 is 0 Å². The molecule has 0 aliphatic carbocycles. The van der Waals surface area contributed by atoms with Gasteiger partial charge in [0, 0.05) is 5.39 Å². The standard InChI is InChI=1S/C16H20N2O2.ClH/c1-11(18-16(19)13-7-4-5-9-17-13)15-10-12-6-2-3-8-14(12)20-15;/h2-3,6,8,10-11,13,17H,4-5,7,9H2,1H3,(H,18,19);1H/t11?,13-;/m0./s1. The van der Waals surface area contributed by atoms with E-state index < -0.39 is 0 Å². The van der Waals surface area contributed by atoms with Crippen LogP contribution < -0.4 is 10.6 Å². The number of benzene rings is 1. The van der Waals surface area contributed by atoms with E-state index in [2.05, 4.69) is 10.6 Å². The summed E-state index contributed by atoms with van der Waals surface area (Å²) in [5, 5.41) is 7.36. The maximum absolute atomic E-state index is 12.2. The molecule has 1 aliphatic rings. The van der Waals surface area contributed by atoms with Crippen LogP contribution in [0.2, 0.25) is 0 Å². The molecule has 0 spiro atoms. The molecular formula is C16H21ClN2O2. The third kappa shape index (κ3) is 3.57. The topological polar surface area (TPSA) is 54.3 Å². The van der Waals surface area contributed by atoms with Crippen molar-refractivity contribution in [1.82, 2.24) is 10.6 Å². The summed E-state index contributed by atoms with van der Waals surface area (Å²) in [6, 6.07) is 9.71. The molecule has 1 aromatic carbocycles. The lowest BCUT2D eigenvalue weighted by Crippen LogP contribution is -2.47. The van der Waals surface area contributed by atoms with Gasteiger partial charge in [0.1, 0.15) is 11.3 Å². The summed E-state index contributed by atoms with van der Waals surface area (Å²) in [7, 11) is 0. The molecule has 2 heterocycles. The van der Waals surface area contributed by atoms with Crippen LogP contribution in [0.3, 0.4) is 0 Å². The third-order valence-electron chi connectivity index (χ3n) is 3.86. The van der Waals surface area contributed by atoms with Crippen LogP contribution in [0, 0.1) is 0 Å². The summed E-state index contributed by atoms with van der Waals surface area (Å²) >= 11 is 0. The van der Waals surface area contributed by atoms with E-state index in [1.807, 2.05) is 37.3 Å². The number of carbonyl (C=O) groups excluding carboxylic acids is 1. The number of halogens is 1. The average Bonchev–Trinajstić information content (AvgIpc) is 2.92. The molecule has 1 saturated heterocycles. The van der Waals surface area contributed by atoms with Gasteiger partial charge in [-0.15, -0.1) is 12.4 Å². The second-order valence-electron chi connectivity index (χ2n) is 5.42. The van der Waals surface area contributed by atoms with Gasteiger partial charge in [0.05, 0.1) is 12.1 Å². The van der Waals surface area contributed by atoms with Crippen LogP contribution >= 0.6 is 12.4 Å². The molecule has 1 amide bonds. The van der Waals surface area contributed by atoms with E-state index in [9.17, 15) is 4.79 Å². The molecule has 2 atom stereocenters. The summed E-state index contributed by atoms with van der Waals surface area (Å²) in [4.78, 5) is 12.2. The molecule has 2 N–H and O–H groups in total. The largest absolute Gasteiger partial charge is 0.459 e. The van der Waals surface area contributed by atoms with Gasteiger partial charge in [-0.3, -0.25) is 4.79 Å². The van der Waals surface area contributed by atoms with E-state index in [0.717, 1.165) is 42.5 Å². The lowest BCUT2D eigenvalue weighted by atomic mass is 10.0. The van der Waals surface area contributed by atoms with E-state index in [4.69, 9.17) is 4.42 Å². The van der Waals surface area contributed by atoms with Crippen LogP contribution in [0.5, 0.6) is 0 Å². The van der Waals surface area contributed by atoms with Crippen LogP contribution in [0.4, 0.5) is 0 Å². The maximum Gasteiger partial charge on any atom is 0.237 e. The molecule has 0 saturated carbocycles. The minimum atomic E-state index is -0.112. The first-order valence-corrected chi connectivity index (χ1v) is 7.26. The molecule has 5 heteroatoms. The molecule has 21 heavy (non-hydrogen) atoms. The van der Waals surface area contributed by atoms with Gasteiger partial charge in [0.25, 0.3) is 0 Å². The van der Waals surface area contributed by atoms with E-state index in [-0.39, 0.29) is 30.4 Å². The minimum Gasteiger partial charge on any atom is -0.459 e. The quantitative estimate of drug-likeness (QED) is 0.915. The van der Waals surface area contributed by atoms with Crippen molar-refractivity contribution >= 4 is 29.3 Å². The second kappa shape index (κ2) is 6.96. The van der Waals surface area contributed by atoms with Crippen molar-refractivity contribution in [2.24, 2.45) is 0 Å². The van der Waals surface area contributed by atoms with Gasteiger partial charge in [0.15, 0.2) is 0 Å². The normalized spacial score (nSPS) is 19.8. The second-order valence-corrected chi connectivity index (χ2v) is 5.42. The number of amides is 1. The van der Waals surface area contributed by atoms with Crippen molar-refractivity contribution in [3.63, 3.8) is 0 Å². The highest BCUT2D eigenvalue weighted by Crippen LogP contribution is 2.23. The Kier molecular flexibility index (Phi) is 5.26. The number of para-hydroxylation sites is 1. The molecule has 0 bridgehead atoms. The summed E-state index contributed by atoms with van der Waals surface area (Å²) in [6.45, 7) is 2.88. The molecular weight excluding hydrogens is 288 g/mol. The molecule has 3 rings (SSSR count). The number of nitrogens with one attached hydrogen (secondary N) is 2. The van der Waals surface area contributed by atoms with Crippen molar-refractivity contribution < 1.29 is 9.21 Å². The summed E-state index contributed by atoms with van der Waals surface area (Å²) in [5.74, 6) is 0.869. The highest BCUT2D eigenvalue weighted by molar-refractivity contribution is 5.85. The average molecular weight is 309 g/mol. The molecule has 114 valence electrons. The van der Waals surface area contributed by atoms with Gasteiger partial charge in [-0.05, 0) is 38.4 Å². The predicted octanol–water partition coefficient (Wildman–Crippen LogP) is 3.17. The first kappa shape index (κ1) is 15.9. The highest BCUT2D eigenvalue weighted by atomic mass is 35.5. The van der Waals surface area contributed by atoms with Gasteiger partial charge >= 0.3 is 0 Å². The van der Waals surface area contributed by atoms with Crippen molar-refractivity contribution in [3.05, 3.63) is 36.1 Å². The third-order valence-corrected chi connectivity index (χ3v) is 3.86. The highest BCUT2D eigenvalue weighted by Gasteiger charge is 2.23. The Hall–Kier alpha value is -1.52. The molecule has 1 aromatic heterocycles. The Morgan fingerprint density at radius 1 is 1.38 bits per heavy atom. The molecule has 1 aliphatic heterocycles. The number of furan rings is 1. The van der Waals surface area contributed by atoms with Crippen LogP contribution in [-0.4, -0.2) is 18.5 Å². The van der Waals surface area contributed by atoms with Crippen molar-refractivity contribution in [2.75, 3.05) is 6.54 Å². The number of hydrogen-bond donors (Lipinski definition) is 2. The Labute approximate surface area is 130 Å². The van der Waals surface area contributed by atoms with Crippen molar-refractivity contribution in [3.8, 4) is 0 Å². The summed E-state index contributed by atoms with van der Waals surface area (Å²) < 4.78 is 5.78. The molecule has 4 nitrogen and oxygen atoms in total.